The maximum atomic E-state index is 13.7. The Labute approximate surface area is 257 Å². The highest BCUT2D eigenvalue weighted by Gasteiger charge is 2.47. The molecule has 0 aromatic heterocycles. The molecule has 4 rings (SSSR count). The summed E-state index contributed by atoms with van der Waals surface area (Å²) in [6.45, 7) is 6.22. The maximum absolute atomic E-state index is 13.7. The van der Waals surface area contributed by atoms with E-state index in [2.05, 4.69) is 10.3 Å². The topological polar surface area (TPSA) is 125 Å². The Hall–Kier alpha value is -4.11. The number of nitrogens with one attached hydrogen (secondary N) is 1. The predicted octanol–water partition coefficient (Wildman–Crippen LogP) is 4.09. The number of anilines is 1. The Balaban J connectivity index is 1.48. The first-order chi connectivity index (χ1) is 20.9. The molecule has 0 atom stereocenters. The molecule has 1 N–H and O–H groups in total. The lowest BCUT2D eigenvalue weighted by Crippen LogP contribution is -2.50. The van der Waals surface area contributed by atoms with Crippen LogP contribution in [0.25, 0.3) is 6.08 Å². The second-order valence-corrected chi connectivity index (χ2v) is 12.7. The van der Waals surface area contributed by atoms with Gasteiger partial charge in [-0.15, -0.1) is 0 Å². The summed E-state index contributed by atoms with van der Waals surface area (Å²) in [5.74, 6) is -2.88. The lowest BCUT2D eigenvalue weighted by Gasteiger charge is -2.34. The van der Waals surface area contributed by atoms with Crippen LogP contribution in [0.4, 0.5) is 23.2 Å². The van der Waals surface area contributed by atoms with Crippen LogP contribution in [0, 0.1) is 19.7 Å². The zero-order chi connectivity index (χ0) is 33.3. The predicted molar refractivity (Wildman–Crippen MR) is 158 cm³/mol. The van der Waals surface area contributed by atoms with Crippen LogP contribution in [-0.4, -0.2) is 68.1 Å². The minimum atomic E-state index is -4.94. The number of halogens is 4. The number of aliphatic imine (C=N–C) groups is 1. The van der Waals surface area contributed by atoms with Crippen LogP contribution in [0.15, 0.2) is 40.7 Å². The normalized spacial score (nSPS) is 17.0. The van der Waals surface area contributed by atoms with Crippen LogP contribution in [-0.2, 0) is 35.3 Å². The summed E-state index contributed by atoms with van der Waals surface area (Å²) >= 11 is 0. The maximum Gasteiger partial charge on any atom is 0.419 e. The Morgan fingerprint density at radius 2 is 1.73 bits per heavy atom. The van der Waals surface area contributed by atoms with Crippen molar-refractivity contribution in [1.29, 1.82) is 0 Å². The van der Waals surface area contributed by atoms with Gasteiger partial charge in [-0.3, -0.25) is 19.4 Å². The van der Waals surface area contributed by atoms with Crippen molar-refractivity contribution in [3.63, 3.8) is 0 Å². The van der Waals surface area contributed by atoms with Gasteiger partial charge in [0.1, 0.15) is 23.8 Å². The van der Waals surface area contributed by atoms with Crippen LogP contribution >= 0.6 is 0 Å². The number of alkyl halides is 3. The van der Waals surface area contributed by atoms with Crippen molar-refractivity contribution in [2.45, 2.75) is 52.3 Å². The van der Waals surface area contributed by atoms with E-state index in [0.29, 0.717) is 34.5 Å². The molecule has 2 aromatic rings. The van der Waals surface area contributed by atoms with Crippen LogP contribution in [0.5, 0.6) is 0 Å². The van der Waals surface area contributed by atoms with E-state index in [1.807, 2.05) is 0 Å². The molecule has 1 fully saturated rings. The number of carbonyl (C=O) groups excluding carboxylic acids is 3. The van der Waals surface area contributed by atoms with Gasteiger partial charge in [-0.05, 0) is 79.8 Å². The molecule has 1 spiro atoms. The number of ether oxygens (including phenoxy) is 1. The molecule has 0 unspecified atom stereocenters. The summed E-state index contributed by atoms with van der Waals surface area (Å²) in [6, 6.07) is 5.78. The van der Waals surface area contributed by atoms with Crippen LogP contribution in [0.3, 0.4) is 0 Å². The van der Waals surface area contributed by atoms with E-state index in [9.17, 15) is 40.4 Å². The number of hydrogen-bond acceptors (Lipinski definition) is 7. The van der Waals surface area contributed by atoms with E-state index in [0.717, 1.165) is 11.5 Å². The Kier molecular flexibility index (Phi) is 9.54. The summed E-state index contributed by atoms with van der Waals surface area (Å²) in [5.41, 5.74) is -0.366. The fraction of sp³-hybridized carbons (Fsp3) is 0.400. The van der Waals surface area contributed by atoms with Crippen molar-refractivity contribution in [1.82, 2.24) is 9.62 Å². The summed E-state index contributed by atoms with van der Waals surface area (Å²) in [5, 5.41) is 3.53. The molecule has 10 nitrogen and oxygen atoms in total. The van der Waals surface area contributed by atoms with E-state index < -0.39 is 45.0 Å². The first-order valence-corrected chi connectivity index (χ1v) is 15.4. The Bertz CT molecular complexity index is 1670. The molecule has 1 saturated heterocycles. The van der Waals surface area contributed by atoms with Gasteiger partial charge >= 0.3 is 12.1 Å². The monoisotopic (exact) mass is 652 g/mol. The number of amidine groups is 1. The fourth-order valence-corrected chi connectivity index (χ4v) is 6.52. The first-order valence-electron chi connectivity index (χ1n) is 13.9. The molecule has 2 aromatic carbocycles. The molecular formula is C30H32F4N4O6S. The van der Waals surface area contributed by atoms with Crippen molar-refractivity contribution in [2.75, 3.05) is 31.1 Å². The van der Waals surface area contributed by atoms with Crippen LogP contribution in [0.1, 0.15) is 54.5 Å². The van der Waals surface area contributed by atoms with Crippen molar-refractivity contribution >= 4 is 45.4 Å². The third-order valence-corrected chi connectivity index (χ3v) is 9.30. The van der Waals surface area contributed by atoms with Gasteiger partial charge in [-0.1, -0.05) is 0 Å². The van der Waals surface area contributed by atoms with Gasteiger partial charge in [-0.25, -0.2) is 12.8 Å². The molecule has 45 heavy (non-hydrogen) atoms. The molecule has 0 bridgehead atoms. The van der Waals surface area contributed by atoms with Crippen molar-refractivity contribution in [3.05, 3.63) is 69.4 Å². The number of rotatable bonds is 8. The first kappa shape index (κ1) is 33.8. The second-order valence-electron chi connectivity index (χ2n) is 10.9. The second kappa shape index (κ2) is 12.7. The number of esters is 1. The van der Waals surface area contributed by atoms with Gasteiger partial charge in [0.2, 0.25) is 15.9 Å². The van der Waals surface area contributed by atoms with Crippen molar-refractivity contribution < 1.29 is 45.1 Å². The molecule has 2 aliphatic heterocycles. The SMILES string of the molecule is CC(=O)OCCN(C(C)=O)c1cc(C)c(C=CS(=O)(=O)N2CCC3(CC2)N=C(c2ccc(F)c(C(F)(F)F)c2)NC3=O)c(C)c1. The quantitative estimate of drug-likeness (QED) is 0.339. The Morgan fingerprint density at radius 3 is 2.29 bits per heavy atom. The van der Waals surface area contributed by atoms with Gasteiger partial charge < -0.3 is 15.0 Å². The molecular weight excluding hydrogens is 620 g/mol. The number of nitrogens with zero attached hydrogens (tertiary/aromatic N) is 3. The lowest BCUT2D eigenvalue weighted by atomic mass is 9.89. The van der Waals surface area contributed by atoms with Gasteiger partial charge in [0.25, 0.3) is 5.91 Å². The summed E-state index contributed by atoms with van der Waals surface area (Å²) < 4.78 is 85.9. The average Bonchev–Trinajstić information content (AvgIpc) is 3.24. The van der Waals surface area contributed by atoms with Gasteiger partial charge in [0.15, 0.2) is 0 Å². The number of hydrogen-bond donors (Lipinski definition) is 1. The zero-order valence-electron chi connectivity index (χ0n) is 25.0. The van der Waals surface area contributed by atoms with E-state index >= 15 is 0 Å². The summed E-state index contributed by atoms with van der Waals surface area (Å²) in [6.07, 6.45) is -3.50. The van der Waals surface area contributed by atoms with E-state index in [1.54, 1.807) is 26.0 Å². The number of piperidine rings is 1. The molecule has 0 aliphatic carbocycles. The molecule has 2 aliphatic rings. The number of aryl methyl sites for hydroxylation is 2. The van der Waals surface area contributed by atoms with Gasteiger partial charge in [-0.2, -0.15) is 17.5 Å². The van der Waals surface area contributed by atoms with Crippen molar-refractivity contribution in [3.8, 4) is 0 Å². The van der Waals surface area contributed by atoms with Crippen molar-refractivity contribution in [2.24, 2.45) is 4.99 Å². The minimum Gasteiger partial charge on any atom is -0.464 e. The third-order valence-electron chi connectivity index (χ3n) is 7.73. The number of carbonyl (C=O) groups is 3. The zero-order valence-corrected chi connectivity index (χ0v) is 25.8. The van der Waals surface area contributed by atoms with Crippen LogP contribution < -0.4 is 10.2 Å². The van der Waals surface area contributed by atoms with Gasteiger partial charge in [0, 0.05) is 43.6 Å². The minimum absolute atomic E-state index is 0.0102. The smallest absolute Gasteiger partial charge is 0.419 e. The van der Waals surface area contributed by atoms with Crippen LogP contribution in [0.2, 0.25) is 0 Å². The third kappa shape index (κ3) is 7.41. The number of amides is 2. The van der Waals surface area contributed by atoms with E-state index in [4.69, 9.17) is 4.74 Å². The molecule has 242 valence electrons. The molecule has 2 heterocycles. The summed E-state index contributed by atoms with van der Waals surface area (Å²) in [7, 11) is -3.94. The Morgan fingerprint density at radius 1 is 1.11 bits per heavy atom. The van der Waals surface area contributed by atoms with E-state index in [1.165, 1.54) is 29.1 Å². The molecule has 15 heteroatoms. The van der Waals surface area contributed by atoms with Gasteiger partial charge in [0.05, 0.1) is 12.1 Å². The number of benzene rings is 2. The molecule has 0 saturated carbocycles. The average molecular weight is 653 g/mol. The highest BCUT2D eigenvalue weighted by atomic mass is 32.2. The standard InChI is InChI=1S/C30H32F4N4O6S/c1-18-15-23(38(20(3)39)12-13-44-21(4)40)16-19(2)24(18)7-14-45(42,43)37-10-8-29(9-11-37)28(41)35-27(36-29)22-5-6-26(31)25(17-22)30(32,33)34/h5-7,14-17H,8-13H2,1-4H3,(H,35,36,41). The largest absolute Gasteiger partial charge is 0.464 e. The highest BCUT2D eigenvalue weighted by Crippen LogP contribution is 2.35. The molecule has 2 amide bonds. The number of sulfonamides is 1. The fourth-order valence-electron chi connectivity index (χ4n) is 5.35. The molecule has 0 radical (unpaired) electrons. The highest BCUT2D eigenvalue weighted by molar-refractivity contribution is 7.92. The summed E-state index contributed by atoms with van der Waals surface area (Å²) in [4.78, 5) is 42.0. The lowest BCUT2D eigenvalue weighted by molar-refractivity contribution is -0.141. The van der Waals surface area contributed by atoms with E-state index in [-0.39, 0.29) is 56.4 Å².